The topological polar surface area (TPSA) is 26.0 Å². The van der Waals surface area contributed by atoms with Crippen molar-refractivity contribution in [3.8, 4) is 11.3 Å². The van der Waals surface area contributed by atoms with E-state index >= 15 is 0 Å². The third-order valence-corrected chi connectivity index (χ3v) is 2.48. The number of hydrogen-bond acceptors (Lipinski definition) is 2. The second kappa shape index (κ2) is 3.52. The molecule has 0 N–H and O–H groups in total. The molecule has 1 aromatic carbocycles. The molecule has 0 aliphatic rings. The molecule has 0 fully saturated rings. The zero-order valence-electron chi connectivity index (χ0n) is 6.50. The molecule has 2 aromatic rings. The van der Waals surface area contributed by atoms with Crippen molar-refractivity contribution in [2.45, 2.75) is 0 Å². The van der Waals surface area contributed by atoms with E-state index in [0.29, 0.717) is 5.76 Å². The largest absolute Gasteiger partial charge is 0.428 e. The van der Waals surface area contributed by atoms with Gasteiger partial charge in [0.1, 0.15) is 0 Å². The van der Waals surface area contributed by atoms with Crippen molar-refractivity contribution in [3.05, 3.63) is 40.3 Å². The minimum absolute atomic E-state index is 0.158. The van der Waals surface area contributed by atoms with Gasteiger partial charge in [-0.3, -0.25) is 0 Å². The van der Waals surface area contributed by atoms with Gasteiger partial charge in [0.15, 0.2) is 5.76 Å². The Morgan fingerprint density at radius 2 is 2.08 bits per heavy atom. The van der Waals surface area contributed by atoms with Crippen LogP contribution in [0.1, 0.15) is 0 Å². The first-order valence-electron chi connectivity index (χ1n) is 3.63. The quantitative estimate of drug-likeness (QED) is 0.778. The molecule has 0 aliphatic carbocycles. The van der Waals surface area contributed by atoms with Gasteiger partial charge in [0, 0.05) is 10.0 Å². The molecule has 1 aromatic heterocycles. The van der Waals surface area contributed by atoms with Crippen LogP contribution >= 0.6 is 27.5 Å². The normalized spacial score (nSPS) is 10.3. The van der Waals surface area contributed by atoms with E-state index in [1.54, 1.807) is 6.20 Å². The summed E-state index contributed by atoms with van der Waals surface area (Å²) in [6.07, 6.45) is 1.60. The van der Waals surface area contributed by atoms with Gasteiger partial charge in [0.2, 0.25) is 0 Å². The fourth-order valence-corrected chi connectivity index (χ4v) is 1.65. The molecule has 2 nitrogen and oxygen atoms in total. The summed E-state index contributed by atoms with van der Waals surface area (Å²) in [7, 11) is 0. The molecule has 0 saturated carbocycles. The van der Waals surface area contributed by atoms with Crippen LogP contribution in [0.2, 0.25) is 5.35 Å². The summed E-state index contributed by atoms with van der Waals surface area (Å²) in [5.41, 5.74) is 0.946. The molecular weight excluding hydrogens is 253 g/mol. The molecule has 66 valence electrons. The maximum absolute atomic E-state index is 5.57. The van der Waals surface area contributed by atoms with E-state index in [1.165, 1.54) is 0 Å². The van der Waals surface area contributed by atoms with Crippen molar-refractivity contribution < 1.29 is 4.42 Å². The van der Waals surface area contributed by atoms with Gasteiger partial charge in [-0.05, 0) is 17.7 Å². The van der Waals surface area contributed by atoms with E-state index in [1.807, 2.05) is 24.3 Å². The summed E-state index contributed by atoms with van der Waals surface area (Å²) >= 11 is 8.98. The highest BCUT2D eigenvalue weighted by Crippen LogP contribution is 2.29. The molecule has 0 atom stereocenters. The SMILES string of the molecule is Clc1ncc(-c2ccccc2Br)o1. The van der Waals surface area contributed by atoms with Crippen LogP contribution in [0.3, 0.4) is 0 Å². The molecule has 0 amide bonds. The van der Waals surface area contributed by atoms with E-state index in [4.69, 9.17) is 16.0 Å². The van der Waals surface area contributed by atoms with Crippen LogP contribution in [0.4, 0.5) is 0 Å². The summed E-state index contributed by atoms with van der Waals surface area (Å²) in [6, 6.07) is 7.73. The molecule has 2 rings (SSSR count). The molecule has 0 bridgehead atoms. The minimum atomic E-state index is 0.158. The third-order valence-electron chi connectivity index (χ3n) is 1.62. The Hall–Kier alpha value is -0.800. The molecule has 0 spiro atoms. The van der Waals surface area contributed by atoms with Gasteiger partial charge in [0.25, 0.3) is 5.35 Å². The zero-order chi connectivity index (χ0) is 9.26. The van der Waals surface area contributed by atoms with Crippen molar-refractivity contribution in [3.63, 3.8) is 0 Å². The van der Waals surface area contributed by atoms with Crippen LogP contribution in [0, 0.1) is 0 Å². The predicted molar refractivity (Wildman–Crippen MR) is 54.6 cm³/mol. The Kier molecular flexibility index (Phi) is 2.38. The summed E-state index contributed by atoms with van der Waals surface area (Å²) in [4.78, 5) is 3.81. The smallest absolute Gasteiger partial charge is 0.292 e. The van der Waals surface area contributed by atoms with Gasteiger partial charge >= 0.3 is 0 Å². The standard InChI is InChI=1S/C9H5BrClNO/c10-7-4-2-1-3-6(7)8-5-12-9(11)13-8/h1-5H. The average molecular weight is 259 g/mol. The molecular formula is C9H5BrClNO. The number of hydrogen-bond donors (Lipinski definition) is 0. The van der Waals surface area contributed by atoms with Crippen LogP contribution in [0.15, 0.2) is 39.4 Å². The number of oxazole rings is 1. The molecule has 4 heteroatoms. The van der Waals surface area contributed by atoms with E-state index in [9.17, 15) is 0 Å². The molecule has 0 unspecified atom stereocenters. The second-order valence-electron chi connectivity index (χ2n) is 2.46. The first kappa shape index (κ1) is 8.78. The Morgan fingerprint density at radius 3 is 2.69 bits per heavy atom. The van der Waals surface area contributed by atoms with Crippen molar-refractivity contribution in [1.29, 1.82) is 0 Å². The monoisotopic (exact) mass is 257 g/mol. The summed E-state index contributed by atoms with van der Waals surface area (Å²) in [5.74, 6) is 0.664. The number of benzene rings is 1. The fourth-order valence-electron chi connectivity index (χ4n) is 1.04. The van der Waals surface area contributed by atoms with Gasteiger partial charge in [-0.15, -0.1) is 0 Å². The van der Waals surface area contributed by atoms with Gasteiger partial charge < -0.3 is 4.42 Å². The fraction of sp³-hybridized carbons (Fsp3) is 0. The van der Waals surface area contributed by atoms with Crippen molar-refractivity contribution >= 4 is 27.5 Å². The second-order valence-corrected chi connectivity index (χ2v) is 3.63. The van der Waals surface area contributed by atoms with Gasteiger partial charge in [-0.2, -0.15) is 0 Å². The minimum Gasteiger partial charge on any atom is -0.428 e. The highest BCUT2D eigenvalue weighted by Gasteiger charge is 2.06. The summed E-state index contributed by atoms with van der Waals surface area (Å²) in [5, 5.41) is 0.158. The van der Waals surface area contributed by atoms with Crippen LogP contribution in [0.5, 0.6) is 0 Å². The van der Waals surface area contributed by atoms with Crippen molar-refractivity contribution in [1.82, 2.24) is 4.98 Å². The van der Waals surface area contributed by atoms with E-state index in [0.717, 1.165) is 10.0 Å². The lowest BCUT2D eigenvalue weighted by Crippen LogP contribution is -1.74. The molecule has 1 heterocycles. The summed E-state index contributed by atoms with van der Waals surface area (Å²) in [6.45, 7) is 0. The number of halogens is 2. The van der Waals surface area contributed by atoms with Crippen molar-refractivity contribution in [2.75, 3.05) is 0 Å². The molecule has 0 radical (unpaired) electrons. The van der Waals surface area contributed by atoms with E-state index < -0.39 is 0 Å². The highest BCUT2D eigenvalue weighted by molar-refractivity contribution is 9.10. The Labute approximate surface area is 88.7 Å². The van der Waals surface area contributed by atoms with Crippen LogP contribution in [-0.4, -0.2) is 4.98 Å². The highest BCUT2D eigenvalue weighted by atomic mass is 79.9. The average Bonchev–Trinajstić information content (AvgIpc) is 2.53. The summed E-state index contributed by atoms with van der Waals surface area (Å²) < 4.78 is 6.14. The van der Waals surface area contributed by atoms with Crippen molar-refractivity contribution in [2.24, 2.45) is 0 Å². The molecule has 13 heavy (non-hydrogen) atoms. The number of rotatable bonds is 1. The first-order valence-corrected chi connectivity index (χ1v) is 4.81. The lowest BCUT2D eigenvalue weighted by Gasteiger charge is -1.97. The predicted octanol–water partition coefficient (Wildman–Crippen LogP) is 3.76. The number of aromatic nitrogens is 1. The lowest BCUT2D eigenvalue weighted by molar-refractivity contribution is 0.574. The Balaban J connectivity index is 2.52. The van der Waals surface area contributed by atoms with Gasteiger partial charge in [-0.25, -0.2) is 4.98 Å². The number of nitrogens with zero attached hydrogens (tertiary/aromatic N) is 1. The van der Waals surface area contributed by atoms with Gasteiger partial charge in [-0.1, -0.05) is 34.1 Å². The maximum atomic E-state index is 5.57. The van der Waals surface area contributed by atoms with Crippen LogP contribution < -0.4 is 0 Å². The zero-order valence-corrected chi connectivity index (χ0v) is 8.84. The first-order chi connectivity index (χ1) is 6.27. The maximum Gasteiger partial charge on any atom is 0.292 e. The Bertz CT molecular complexity index is 427. The molecule has 0 saturated heterocycles. The van der Waals surface area contributed by atoms with E-state index in [-0.39, 0.29) is 5.35 Å². The Morgan fingerprint density at radius 1 is 1.31 bits per heavy atom. The van der Waals surface area contributed by atoms with Gasteiger partial charge in [0.05, 0.1) is 6.20 Å². The van der Waals surface area contributed by atoms with Crippen LogP contribution in [-0.2, 0) is 0 Å². The lowest BCUT2D eigenvalue weighted by atomic mass is 10.2. The molecule has 0 aliphatic heterocycles. The van der Waals surface area contributed by atoms with Crippen LogP contribution in [0.25, 0.3) is 11.3 Å². The third kappa shape index (κ3) is 1.76. The van der Waals surface area contributed by atoms with E-state index in [2.05, 4.69) is 20.9 Å².